The third kappa shape index (κ3) is 5.21. The Hall–Kier alpha value is -3.08. The first kappa shape index (κ1) is 23.6. The van der Waals surface area contributed by atoms with Crippen LogP contribution in [-0.2, 0) is 9.71 Å². The standard InChI is InChI=1S/C22H24BrN5O3S/c1-4-5-9-19(29)15(2)32(3,31)26-12-11-24-21-13-18(16-8-6-7-10-20(16)30)27-22-17(23)14-25-28(21)22/h4-10,13-14,24,29-30H,1,3,11-12H2,2H3,(H,26,31)/b9-5-,19-15-. The van der Waals surface area contributed by atoms with E-state index in [0.717, 1.165) is 0 Å². The van der Waals surface area contributed by atoms with Crippen molar-refractivity contribution in [2.24, 2.45) is 0 Å². The fraction of sp³-hybridized carbons (Fsp3) is 0.136. The maximum Gasteiger partial charge on any atom is 0.172 e. The number of aliphatic hydroxyl groups excluding tert-OH is 1. The number of fused-ring (bicyclic) bond motifs is 1. The van der Waals surface area contributed by atoms with Crippen molar-refractivity contribution in [3.05, 3.63) is 76.5 Å². The van der Waals surface area contributed by atoms with Gasteiger partial charge in [-0.1, -0.05) is 30.9 Å². The molecule has 2 heterocycles. The zero-order valence-electron chi connectivity index (χ0n) is 17.5. The summed E-state index contributed by atoms with van der Waals surface area (Å²) in [5.74, 6) is 4.36. The van der Waals surface area contributed by atoms with E-state index in [1.165, 1.54) is 12.2 Å². The van der Waals surface area contributed by atoms with Gasteiger partial charge in [0.15, 0.2) is 5.65 Å². The molecule has 1 unspecified atom stereocenters. The van der Waals surface area contributed by atoms with Crippen LogP contribution in [0.4, 0.5) is 5.82 Å². The zero-order chi connectivity index (χ0) is 23.3. The number of allylic oxidation sites excluding steroid dienone is 4. The van der Waals surface area contributed by atoms with Crippen LogP contribution in [0.1, 0.15) is 6.92 Å². The Morgan fingerprint density at radius 3 is 2.81 bits per heavy atom. The molecule has 0 radical (unpaired) electrons. The van der Waals surface area contributed by atoms with E-state index in [0.29, 0.717) is 40.3 Å². The predicted molar refractivity (Wildman–Crippen MR) is 134 cm³/mol. The van der Waals surface area contributed by atoms with Crippen LogP contribution in [0.15, 0.2) is 76.5 Å². The highest BCUT2D eigenvalue weighted by atomic mass is 79.9. The van der Waals surface area contributed by atoms with E-state index >= 15 is 0 Å². The van der Waals surface area contributed by atoms with E-state index in [9.17, 15) is 14.4 Å². The number of benzene rings is 1. The van der Waals surface area contributed by atoms with Crippen molar-refractivity contribution >= 4 is 43.0 Å². The van der Waals surface area contributed by atoms with Crippen LogP contribution < -0.4 is 10.0 Å². The maximum absolute atomic E-state index is 12.8. The topological polar surface area (TPSA) is 112 Å². The number of para-hydroxylation sites is 1. The number of nitrogens with one attached hydrogen (secondary N) is 2. The number of hydrogen-bond acceptors (Lipinski definition) is 6. The van der Waals surface area contributed by atoms with Crippen LogP contribution >= 0.6 is 15.9 Å². The van der Waals surface area contributed by atoms with Crippen LogP contribution in [0.25, 0.3) is 16.9 Å². The fourth-order valence-corrected chi connectivity index (χ4v) is 4.25. The number of phenolic OH excluding ortho intramolecular Hbond substituents is 1. The zero-order valence-corrected chi connectivity index (χ0v) is 19.9. The normalized spacial score (nSPS) is 14.3. The first-order chi connectivity index (χ1) is 15.2. The second-order valence-corrected chi connectivity index (χ2v) is 9.91. The number of anilines is 1. The number of aromatic nitrogens is 3. The summed E-state index contributed by atoms with van der Waals surface area (Å²) in [5, 5.41) is 27.8. The fourth-order valence-electron chi connectivity index (χ4n) is 2.85. The first-order valence-electron chi connectivity index (χ1n) is 9.62. The van der Waals surface area contributed by atoms with Gasteiger partial charge in [0, 0.05) is 24.7 Å². The molecule has 1 atom stereocenters. The largest absolute Gasteiger partial charge is 0.507 e. The highest BCUT2D eigenvalue weighted by Crippen LogP contribution is 2.30. The van der Waals surface area contributed by atoms with Crippen LogP contribution in [0, 0.1) is 0 Å². The van der Waals surface area contributed by atoms with Crippen molar-refractivity contribution < 1.29 is 14.4 Å². The number of rotatable bonds is 9. The van der Waals surface area contributed by atoms with Gasteiger partial charge in [-0.25, -0.2) is 13.9 Å². The molecule has 168 valence electrons. The van der Waals surface area contributed by atoms with Gasteiger partial charge >= 0.3 is 0 Å². The van der Waals surface area contributed by atoms with E-state index in [-0.39, 0.29) is 16.4 Å². The van der Waals surface area contributed by atoms with Crippen LogP contribution in [0.3, 0.4) is 0 Å². The Labute approximate surface area is 195 Å². The Morgan fingerprint density at radius 2 is 2.09 bits per heavy atom. The Bertz CT molecular complexity index is 1310. The minimum Gasteiger partial charge on any atom is -0.507 e. The minimum absolute atomic E-state index is 0.116. The average Bonchev–Trinajstić information content (AvgIpc) is 3.15. The molecule has 32 heavy (non-hydrogen) atoms. The highest BCUT2D eigenvalue weighted by Gasteiger charge is 2.14. The first-order valence-corrected chi connectivity index (χ1v) is 12.1. The van der Waals surface area contributed by atoms with E-state index in [1.807, 2.05) is 6.07 Å². The minimum atomic E-state index is -2.86. The van der Waals surface area contributed by atoms with Crippen LogP contribution in [0.5, 0.6) is 5.75 Å². The highest BCUT2D eigenvalue weighted by molar-refractivity contribution is 9.10. The van der Waals surface area contributed by atoms with E-state index in [4.69, 9.17) is 0 Å². The molecule has 0 amide bonds. The summed E-state index contributed by atoms with van der Waals surface area (Å²) in [5.41, 5.74) is 1.75. The lowest BCUT2D eigenvalue weighted by Gasteiger charge is -2.15. The quantitative estimate of drug-likeness (QED) is 0.147. The van der Waals surface area contributed by atoms with E-state index < -0.39 is 9.71 Å². The van der Waals surface area contributed by atoms with Gasteiger partial charge < -0.3 is 15.5 Å². The van der Waals surface area contributed by atoms with Crippen molar-refractivity contribution in [3.63, 3.8) is 0 Å². The molecular weight excluding hydrogens is 494 g/mol. The molecule has 0 fully saturated rings. The summed E-state index contributed by atoms with van der Waals surface area (Å²) >= 11 is 3.45. The van der Waals surface area contributed by atoms with Crippen LogP contribution in [-0.4, -0.2) is 48.0 Å². The van der Waals surface area contributed by atoms with Crippen molar-refractivity contribution in [2.75, 3.05) is 18.4 Å². The van der Waals surface area contributed by atoms with Crippen molar-refractivity contribution in [1.82, 2.24) is 19.3 Å². The summed E-state index contributed by atoms with van der Waals surface area (Å²) in [7, 11) is -2.86. The second kappa shape index (κ2) is 10.0. The van der Waals surface area contributed by atoms with Gasteiger partial charge in [-0.3, -0.25) is 0 Å². The number of halogens is 1. The maximum atomic E-state index is 12.8. The van der Waals surface area contributed by atoms with Crippen molar-refractivity contribution in [3.8, 4) is 17.0 Å². The molecule has 10 heteroatoms. The summed E-state index contributed by atoms with van der Waals surface area (Å²) in [4.78, 5) is 4.85. The molecule has 3 rings (SSSR count). The van der Waals surface area contributed by atoms with Gasteiger partial charge in [0.1, 0.15) is 17.3 Å². The molecule has 0 saturated heterocycles. The second-order valence-electron chi connectivity index (χ2n) is 6.80. The molecule has 3 aromatic rings. The molecular formula is C22H24BrN5O3S. The molecule has 0 saturated carbocycles. The molecule has 0 aliphatic carbocycles. The summed E-state index contributed by atoms with van der Waals surface area (Å²) in [6.45, 7) is 5.79. The Morgan fingerprint density at radius 1 is 1.34 bits per heavy atom. The average molecular weight is 518 g/mol. The molecule has 0 spiro atoms. The predicted octanol–water partition coefficient (Wildman–Crippen LogP) is 4.03. The Balaban J connectivity index is 1.79. The molecule has 1 aromatic carbocycles. The molecule has 2 aromatic heterocycles. The van der Waals surface area contributed by atoms with Gasteiger partial charge in [-0.05, 0) is 46.9 Å². The number of aliphatic hydroxyl groups is 1. The molecule has 4 N–H and O–H groups in total. The third-order valence-electron chi connectivity index (χ3n) is 4.62. The lowest BCUT2D eigenvalue weighted by atomic mass is 10.1. The molecule has 0 aliphatic rings. The number of hydrogen-bond donors (Lipinski definition) is 4. The number of aromatic hydroxyl groups is 1. The number of nitrogens with zero attached hydrogens (tertiary/aromatic N) is 3. The number of phenols is 1. The van der Waals surface area contributed by atoms with Gasteiger partial charge in [-0.15, -0.1) is 0 Å². The van der Waals surface area contributed by atoms with E-state index in [1.54, 1.807) is 48.0 Å². The molecule has 0 bridgehead atoms. The van der Waals surface area contributed by atoms with Gasteiger partial charge in [0.25, 0.3) is 0 Å². The monoisotopic (exact) mass is 517 g/mol. The SMILES string of the molecule is C=C/C=C\C(O)=C(/C)S(=C)(=O)NCCNc1cc(-c2ccccc2O)nc2c(Br)cnn12. The summed E-state index contributed by atoms with van der Waals surface area (Å²) in [6.07, 6.45) is 6.11. The molecule has 0 aliphatic heterocycles. The smallest absolute Gasteiger partial charge is 0.172 e. The van der Waals surface area contributed by atoms with Gasteiger partial charge in [0.2, 0.25) is 0 Å². The lowest BCUT2D eigenvalue weighted by Crippen LogP contribution is -2.30. The van der Waals surface area contributed by atoms with Crippen molar-refractivity contribution in [2.45, 2.75) is 6.92 Å². The molecule has 8 nitrogen and oxygen atoms in total. The van der Waals surface area contributed by atoms with Gasteiger partial charge in [-0.2, -0.15) is 9.61 Å². The Kier molecular flexibility index (Phi) is 7.39. The van der Waals surface area contributed by atoms with Gasteiger partial charge in [0.05, 0.1) is 31.0 Å². The summed E-state index contributed by atoms with van der Waals surface area (Å²) in [6, 6.07) is 8.73. The van der Waals surface area contributed by atoms with Crippen LogP contribution in [0.2, 0.25) is 0 Å². The third-order valence-corrected chi connectivity index (χ3v) is 7.05. The van der Waals surface area contributed by atoms with Crippen molar-refractivity contribution in [1.29, 1.82) is 0 Å². The van der Waals surface area contributed by atoms with E-state index in [2.05, 4.69) is 48.5 Å². The lowest BCUT2D eigenvalue weighted by molar-refractivity contribution is 0.429. The summed E-state index contributed by atoms with van der Waals surface area (Å²) < 4.78 is 18.0.